The Morgan fingerprint density at radius 1 is 0.526 bits per heavy atom. The molecule has 0 heterocycles. The van der Waals surface area contributed by atoms with Gasteiger partial charge in [0.25, 0.3) is 0 Å². The van der Waals surface area contributed by atoms with E-state index in [1.165, 1.54) is 0 Å². The molecular weight excluding hydrogens is 605 g/mol. The Morgan fingerprint density at radius 2 is 0.895 bits per heavy atom. The molecule has 0 aromatic heterocycles. The van der Waals surface area contributed by atoms with Crippen LogP contribution in [0.1, 0.15) is 43.0 Å². The van der Waals surface area contributed by atoms with Gasteiger partial charge in [-0.2, -0.15) is 0 Å². The van der Waals surface area contributed by atoms with Gasteiger partial charge in [-0.1, -0.05) is 58.5 Å². The van der Waals surface area contributed by atoms with Crippen LogP contribution < -0.4 is 0 Å². The van der Waals surface area contributed by atoms with Crippen LogP contribution in [0, 0.1) is 0 Å². The molecule has 2 nitrogen and oxygen atoms in total. The summed E-state index contributed by atoms with van der Waals surface area (Å²) in [5.41, 5.74) is 9.52. The first-order valence-electron chi connectivity index (χ1n) is 11.6. The van der Waals surface area contributed by atoms with E-state index >= 15 is 0 Å². The fraction of sp³-hybridized carbons (Fsp3) is 0.133. The molecule has 0 aliphatic heterocycles. The summed E-state index contributed by atoms with van der Waals surface area (Å²) in [6.07, 6.45) is 1.49. The Morgan fingerprint density at radius 3 is 1.26 bits per heavy atom. The van der Waals surface area contributed by atoms with E-state index in [0.717, 1.165) is 57.3 Å². The minimum absolute atomic E-state index is 0.0459. The van der Waals surface area contributed by atoms with E-state index in [2.05, 4.69) is 0 Å². The number of alkyl halides is 2. The third-order valence-electron chi connectivity index (χ3n) is 6.65. The molecule has 2 aliphatic rings. The van der Waals surface area contributed by atoms with Crippen molar-refractivity contribution in [2.75, 3.05) is 11.8 Å². The molecule has 2 aliphatic carbocycles. The average molecular weight is 623 g/mol. The molecule has 8 heteroatoms. The predicted octanol–water partition coefficient (Wildman–Crippen LogP) is 9.97. The molecule has 0 N–H and O–H groups in total. The van der Waals surface area contributed by atoms with Gasteiger partial charge in [-0.15, -0.1) is 23.2 Å². The van der Waals surface area contributed by atoms with Gasteiger partial charge in [0, 0.05) is 31.2 Å². The third kappa shape index (κ3) is 5.23. The molecule has 0 fully saturated rings. The van der Waals surface area contributed by atoms with Crippen molar-refractivity contribution in [3.63, 3.8) is 0 Å². The Labute approximate surface area is 250 Å². The highest BCUT2D eigenvalue weighted by Gasteiger charge is 2.26. The van der Waals surface area contributed by atoms with Crippen molar-refractivity contribution in [2.24, 2.45) is 0 Å². The number of Topliss-reactive ketones (excluding diaryl/α,β-unsaturated/α-hetero) is 2. The average Bonchev–Trinajstić information content (AvgIpc) is 3.43. The van der Waals surface area contributed by atoms with Gasteiger partial charge in [0.1, 0.15) is 0 Å². The minimum atomic E-state index is -0.108. The van der Waals surface area contributed by atoms with Gasteiger partial charge in [-0.3, -0.25) is 9.59 Å². The van der Waals surface area contributed by atoms with Gasteiger partial charge in [-0.05, 0) is 106 Å². The van der Waals surface area contributed by atoms with Crippen molar-refractivity contribution in [3.8, 4) is 22.3 Å². The summed E-state index contributed by atoms with van der Waals surface area (Å²) < 4.78 is 0. The lowest BCUT2D eigenvalue weighted by atomic mass is 9.97. The summed E-state index contributed by atoms with van der Waals surface area (Å²) in [5, 5.41) is 2.52. The summed E-state index contributed by atoms with van der Waals surface area (Å²) in [4.78, 5) is 24.0. The summed E-state index contributed by atoms with van der Waals surface area (Å²) in [6.45, 7) is 0. The van der Waals surface area contributed by atoms with Crippen molar-refractivity contribution in [2.45, 2.75) is 12.8 Å². The van der Waals surface area contributed by atoms with Crippen LogP contribution in [0.2, 0.25) is 20.1 Å². The highest BCUT2D eigenvalue weighted by Crippen LogP contribution is 2.43. The summed E-state index contributed by atoms with van der Waals surface area (Å²) in [7, 11) is 0. The highest BCUT2D eigenvalue weighted by atomic mass is 35.5. The van der Waals surface area contributed by atoms with E-state index < -0.39 is 0 Å². The van der Waals surface area contributed by atoms with Crippen LogP contribution in [0.4, 0.5) is 0 Å². The van der Waals surface area contributed by atoms with Gasteiger partial charge < -0.3 is 0 Å². The molecule has 0 amide bonds. The predicted molar refractivity (Wildman–Crippen MR) is 160 cm³/mol. The van der Waals surface area contributed by atoms with Crippen LogP contribution in [0.3, 0.4) is 0 Å². The van der Waals surface area contributed by atoms with Crippen LogP contribution in [0.25, 0.3) is 22.3 Å². The quantitative estimate of drug-likeness (QED) is 0.145. The maximum Gasteiger partial charge on any atom is 0.178 e. The van der Waals surface area contributed by atoms with E-state index in [9.17, 15) is 9.59 Å². The second-order valence-corrected chi connectivity index (χ2v) is 11.3. The number of rotatable bonds is 4. The summed E-state index contributed by atoms with van der Waals surface area (Å²) in [5.74, 6) is -0.308. The van der Waals surface area contributed by atoms with Crippen LogP contribution in [-0.4, -0.2) is 23.3 Å². The number of fused-ring (bicyclic) bond motifs is 6. The molecule has 0 saturated carbocycles. The zero-order chi connectivity index (χ0) is 27.1. The molecular formula is C30H18Cl6O2. The first-order valence-corrected chi connectivity index (χ1v) is 14.2. The van der Waals surface area contributed by atoms with Gasteiger partial charge in [0.05, 0.1) is 11.8 Å². The molecule has 0 saturated heterocycles. The Bertz CT molecular complexity index is 1510. The molecule has 192 valence electrons. The number of carbonyl (C=O) groups is 2. The van der Waals surface area contributed by atoms with E-state index in [1.54, 1.807) is 12.1 Å². The Balaban J connectivity index is 0.000000155. The molecule has 0 radical (unpaired) electrons. The third-order valence-corrected chi connectivity index (χ3v) is 8.04. The number of ketones is 2. The maximum atomic E-state index is 12.0. The standard InChI is InChI=1S/2C15H9Cl3O/c2*16-7-14(19)13-6-11(18)5-9-3-8-4-10(17)1-2-12(8)15(9)13/h2*1-2,4-6H,3,7H2. The zero-order valence-electron chi connectivity index (χ0n) is 19.7. The molecule has 38 heavy (non-hydrogen) atoms. The molecule has 0 spiro atoms. The number of benzene rings is 4. The van der Waals surface area contributed by atoms with Gasteiger partial charge in [-0.25, -0.2) is 0 Å². The summed E-state index contributed by atoms with van der Waals surface area (Å²) in [6, 6.07) is 18.6. The number of hydrogen-bond donors (Lipinski definition) is 0. The second-order valence-electron chi connectivity index (χ2n) is 9.05. The SMILES string of the molecule is O=C(CCl)c1cc(Cl)cc2c1-c1ccc(Cl)cc1C2.O=C(CCl)c1cc(Cl)cc2c1-c1ccc(Cl)cc1C2. The maximum absolute atomic E-state index is 12.0. The molecule has 6 rings (SSSR count). The lowest BCUT2D eigenvalue weighted by Crippen LogP contribution is -2.03. The van der Waals surface area contributed by atoms with Gasteiger partial charge >= 0.3 is 0 Å². The topological polar surface area (TPSA) is 34.1 Å². The fourth-order valence-electron chi connectivity index (χ4n) is 5.14. The molecule has 0 bridgehead atoms. The van der Waals surface area contributed by atoms with Crippen LogP contribution in [0.5, 0.6) is 0 Å². The monoisotopic (exact) mass is 620 g/mol. The first kappa shape index (κ1) is 27.5. The van der Waals surface area contributed by atoms with Crippen molar-refractivity contribution < 1.29 is 9.59 Å². The van der Waals surface area contributed by atoms with Crippen molar-refractivity contribution in [1.82, 2.24) is 0 Å². The van der Waals surface area contributed by atoms with Gasteiger partial charge in [0.2, 0.25) is 0 Å². The first-order chi connectivity index (χ1) is 18.2. The second kappa shape index (κ2) is 11.2. The lowest BCUT2D eigenvalue weighted by molar-refractivity contribution is 0.101. The normalized spacial score (nSPS) is 12.2. The largest absolute Gasteiger partial charge is 0.293 e. The molecule has 0 atom stereocenters. The number of halogens is 6. The molecule has 0 unspecified atom stereocenters. The van der Waals surface area contributed by atoms with Crippen LogP contribution >= 0.6 is 69.6 Å². The zero-order valence-corrected chi connectivity index (χ0v) is 24.2. The van der Waals surface area contributed by atoms with E-state index in [1.807, 2.05) is 48.5 Å². The number of carbonyl (C=O) groups excluding carboxylic acids is 2. The molecule has 4 aromatic rings. The fourth-order valence-corrected chi connectivity index (χ4v) is 6.30. The van der Waals surface area contributed by atoms with Crippen molar-refractivity contribution in [3.05, 3.63) is 114 Å². The molecule has 4 aromatic carbocycles. The highest BCUT2D eigenvalue weighted by molar-refractivity contribution is 6.35. The van der Waals surface area contributed by atoms with E-state index in [0.29, 0.717) is 31.2 Å². The Kier molecular flexibility index (Phi) is 8.12. The van der Waals surface area contributed by atoms with Gasteiger partial charge in [0.15, 0.2) is 11.6 Å². The number of hydrogen-bond acceptors (Lipinski definition) is 2. The van der Waals surface area contributed by atoms with E-state index in [-0.39, 0.29) is 23.3 Å². The Hall–Kier alpha value is -2.04. The van der Waals surface area contributed by atoms with Crippen LogP contribution in [-0.2, 0) is 12.8 Å². The van der Waals surface area contributed by atoms with Crippen LogP contribution in [0.15, 0.2) is 60.7 Å². The van der Waals surface area contributed by atoms with Crippen molar-refractivity contribution in [1.29, 1.82) is 0 Å². The van der Waals surface area contributed by atoms with E-state index in [4.69, 9.17) is 69.6 Å². The summed E-state index contributed by atoms with van der Waals surface area (Å²) >= 11 is 35.5. The lowest BCUT2D eigenvalue weighted by Gasteiger charge is -2.08. The van der Waals surface area contributed by atoms with Crippen molar-refractivity contribution >= 4 is 81.2 Å². The smallest absolute Gasteiger partial charge is 0.178 e. The minimum Gasteiger partial charge on any atom is -0.293 e.